The van der Waals surface area contributed by atoms with Crippen molar-refractivity contribution < 1.29 is 52.7 Å². The normalized spacial score (nSPS) is 12.5. The van der Waals surface area contributed by atoms with Crippen molar-refractivity contribution in [2.75, 3.05) is 19.6 Å². The molecule has 0 unspecified atom stereocenters. The predicted octanol–water partition coefficient (Wildman–Crippen LogP) is 4.77. The zero-order chi connectivity index (χ0) is 26.0. The molecule has 0 amide bonds. The average Bonchev–Trinajstić information content (AvgIpc) is 2.64. The van der Waals surface area contributed by atoms with Gasteiger partial charge in [0.05, 0.1) is 33.6 Å². The fourth-order valence-electron chi connectivity index (χ4n) is 2.15. The van der Waals surface area contributed by atoms with E-state index in [0.717, 1.165) is 37.8 Å². The highest BCUT2D eigenvalue weighted by Gasteiger charge is 2.33. The molecule has 15 heteroatoms. The summed E-state index contributed by atoms with van der Waals surface area (Å²) in [6, 6.07) is 4.43. The molecule has 33 heavy (non-hydrogen) atoms. The van der Waals surface area contributed by atoms with Crippen molar-refractivity contribution in [2.45, 2.75) is 22.1 Å². The molecule has 0 aliphatic rings. The molecule has 0 N–H and O–H groups in total. The van der Waals surface area contributed by atoms with Gasteiger partial charge in [0.2, 0.25) is 0 Å². The Labute approximate surface area is 193 Å². The molecule has 0 radical (unpaired) electrons. The molecular formula is C18H15BrF6O6S2. The van der Waals surface area contributed by atoms with Crippen molar-refractivity contribution in [3.8, 4) is 0 Å². The molecule has 0 atom stereocenters. The smallest absolute Gasteiger partial charge is 0.416 e. The molecule has 0 aliphatic heterocycles. The Balaban J connectivity index is 0.000000335. The summed E-state index contributed by atoms with van der Waals surface area (Å²) in [4.78, 5) is 10.2. The van der Waals surface area contributed by atoms with Gasteiger partial charge in [-0.15, -0.1) is 0 Å². The van der Waals surface area contributed by atoms with Crippen LogP contribution in [-0.2, 0) is 36.8 Å². The van der Waals surface area contributed by atoms with E-state index in [-0.39, 0.29) is 9.37 Å². The molecule has 2 rings (SSSR count). The summed E-state index contributed by atoms with van der Waals surface area (Å²) in [5, 5.41) is 0. The Hall–Kier alpha value is -2.13. The molecule has 0 saturated heterocycles. The first-order valence-corrected chi connectivity index (χ1v) is 12.8. The Bertz CT molecular complexity index is 1250. The number of methoxy groups -OCH3 is 1. The number of alkyl halides is 6. The number of hydrogen-bond donors (Lipinski definition) is 0. The average molecular weight is 585 g/mol. The van der Waals surface area contributed by atoms with E-state index in [2.05, 4.69) is 20.7 Å². The molecule has 0 aliphatic carbocycles. The van der Waals surface area contributed by atoms with Crippen LogP contribution in [0.2, 0.25) is 0 Å². The quantitative estimate of drug-likeness (QED) is 0.381. The summed E-state index contributed by atoms with van der Waals surface area (Å²) in [7, 11) is -6.51. The lowest BCUT2D eigenvalue weighted by atomic mass is 10.1. The Morgan fingerprint density at radius 3 is 1.52 bits per heavy atom. The summed E-state index contributed by atoms with van der Waals surface area (Å²) in [6.45, 7) is 0. The number of benzene rings is 2. The van der Waals surface area contributed by atoms with Gasteiger partial charge < -0.3 is 4.74 Å². The Kier molecular flexibility index (Phi) is 8.77. The number of halogens is 7. The third-order valence-corrected chi connectivity index (χ3v) is 6.35. The number of esters is 1. The van der Waals surface area contributed by atoms with E-state index in [1.807, 2.05) is 0 Å². The lowest BCUT2D eigenvalue weighted by molar-refractivity contribution is -0.138. The van der Waals surface area contributed by atoms with E-state index >= 15 is 0 Å². The molecule has 184 valence electrons. The maximum Gasteiger partial charge on any atom is 0.416 e. The fourth-order valence-corrected chi connectivity index (χ4v) is 4.16. The highest BCUT2D eigenvalue weighted by Crippen LogP contribution is 2.33. The second-order valence-electron chi connectivity index (χ2n) is 6.45. The first kappa shape index (κ1) is 28.9. The molecule has 0 bridgehead atoms. The van der Waals surface area contributed by atoms with Gasteiger partial charge in [-0.25, -0.2) is 21.6 Å². The van der Waals surface area contributed by atoms with Crippen LogP contribution in [0.3, 0.4) is 0 Å². The van der Waals surface area contributed by atoms with Crippen LogP contribution in [0.5, 0.6) is 0 Å². The van der Waals surface area contributed by atoms with Gasteiger partial charge in [-0.3, -0.25) is 0 Å². The topological polar surface area (TPSA) is 94.6 Å². The van der Waals surface area contributed by atoms with Gasteiger partial charge in [0, 0.05) is 17.0 Å². The summed E-state index contributed by atoms with van der Waals surface area (Å²) in [5.41, 5.74) is -2.67. The van der Waals surface area contributed by atoms with Gasteiger partial charge in [0.25, 0.3) is 0 Å². The standard InChI is InChI=1S/C10H9F3O4S.C8H6BrF3O2S/c1-17-9(14)6-3-7(10(11,12)13)5-8(4-6)18(2,15)16;1-15(13,14)7-3-5(8(10,11)12)2-6(9)4-7/h3-5H,1-2H3;2-4H,1H3. The van der Waals surface area contributed by atoms with Crippen LogP contribution in [0.25, 0.3) is 0 Å². The van der Waals surface area contributed by atoms with Crippen molar-refractivity contribution in [3.05, 3.63) is 57.6 Å². The maximum absolute atomic E-state index is 12.6. The molecule has 0 spiro atoms. The molecule has 2 aromatic rings. The van der Waals surface area contributed by atoms with Crippen LogP contribution < -0.4 is 0 Å². The van der Waals surface area contributed by atoms with E-state index < -0.39 is 59.6 Å². The van der Waals surface area contributed by atoms with Crippen LogP contribution in [0.15, 0.2) is 50.7 Å². The van der Waals surface area contributed by atoms with E-state index in [0.29, 0.717) is 18.2 Å². The number of sulfone groups is 2. The van der Waals surface area contributed by atoms with Gasteiger partial charge in [-0.1, -0.05) is 15.9 Å². The number of carbonyl (C=O) groups is 1. The van der Waals surface area contributed by atoms with Crippen LogP contribution in [0.4, 0.5) is 26.3 Å². The van der Waals surface area contributed by atoms with Crippen molar-refractivity contribution in [2.24, 2.45) is 0 Å². The van der Waals surface area contributed by atoms with Crippen LogP contribution in [-0.4, -0.2) is 42.4 Å². The fraction of sp³-hybridized carbons (Fsp3) is 0.278. The molecule has 0 fully saturated rings. The van der Waals surface area contributed by atoms with Crippen LogP contribution in [0.1, 0.15) is 21.5 Å². The van der Waals surface area contributed by atoms with Gasteiger partial charge in [0.15, 0.2) is 19.7 Å². The molecule has 0 heterocycles. The molecular weight excluding hydrogens is 570 g/mol. The zero-order valence-electron chi connectivity index (χ0n) is 16.9. The molecule has 0 saturated carbocycles. The van der Waals surface area contributed by atoms with Gasteiger partial charge >= 0.3 is 18.3 Å². The zero-order valence-corrected chi connectivity index (χ0v) is 20.1. The van der Waals surface area contributed by atoms with Gasteiger partial charge in [0.1, 0.15) is 0 Å². The highest BCUT2D eigenvalue weighted by atomic mass is 79.9. The van der Waals surface area contributed by atoms with Crippen LogP contribution >= 0.6 is 15.9 Å². The summed E-state index contributed by atoms with van der Waals surface area (Å²) >= 11 is 2.83. The second-order valence-corrected chi connectivity index (χ2v) is 11.4. The second kappa shape index (κ2) is 10.0. The van der Waals surface area contributed by atoms with Gasteiger partial charge in [-0.05, 0) is 36.4 Å². The molecule has 6 nitrogen and oxygen atoms in total. The highest BCUT2D eigenvalue weighted by molar-refractivity contribution is 9.10. The third-order valence-electron chi connectivity index (χ3n) is 3.71. The predicted molar refractivity (Wildman–Crippen MR) is 108 cm³/mol. The van der Waals surface area contributed by atoms with Crippen molar-refractivity contribution >= 4 is 41.6 Å². The number of rotatable bonds is 3. The molecule has 2 aromatic carbocycles. The monoisotopic (exact) mass is 584 g/mol. The lowest BCUT2D eigenvalue weighted by Crippen LogP contribution is -2.11. The van der Waals surface area contributed by atoms with E-state index in [4.69, 9.17) is 0 Å². The van der Waals surface area contributed by atoms with Crippen molar-refractivity contribution in [1.82, 2.24) is 0 Å². The maximum atomic E-state index is 12.6. The molecule has 0 aromatic heterocycles. The van der Waals surface area contributed by atoms with Crippen LogP contribution in [0, 0.1) is 0 Å². The summed E-state index contributed by atoms with van der Waals surface area (Å²) in [5.74, 6) is -1.04. The number of hydrogen-bond acceptors (Lipinski definition) is 6. The largest absolute Gasteiger partial charge is 0.465 e. The SMILES string of the molecule is COC(=O)c1cc(C(F)(F)F)cc(S(C)(=O)=O)c1.CS(=O)(=O)c1cc(Br)cc(C(F)(F)F)c1. The summed E-state index contributed by atoms with van der Waals surface area (Å²) < 4.78 is 124. The minimum absolute atomic E-state index is 0.0813. The Morgan fingerprint density at radius 2 is 1.15 bits per heavy atom. The minimum Gasteiger partial charge on any atom is -0.465 e. The third kappa shape index (κ3) is 8.62. The number of ether oxygens (including phenoxy) is 1. The lowest BCUT2D eigenvalue weighted by Gasteiger charge is -2.10. The van der Waals surface area contributed by atoms with Crippen molar-refractivity contribution in [3.63, 3.8) is 0 Å². The minimum atomic E-state index is -4.75. The van der Waals surface area contributed by atoms with Gasteiger partial charge in [-0.2, -0.15) is 26.3 Å². The van der Waals surface area contributed by atoms with E-state index in [1.165, 1.54) is 0 Å². The number of carbonyl (C=O) groups excluding carboxylic acids is 1. The van der Waals surface area contributed by atoms with E-state index in [9.17, 15) is 48.0 Å². The summed E-state index contributed by atoms with van der Waals surface area (Å²) in [6.07, 6.45) is -7.69. The van der Waals surface area contributed by atoms with Crippen molar-refractivity contribution in [1.29, 1.82) is 0 Å². The van der Waals surface area contributed by atoms with E-state index in [1.54, 1.807) is 0 Å². The first-order chi connectivity index (χ1) is 14.7. The first-order valence-electron chi connectivity index (χ1n) is 8.24. The Morgan fingerprint density at radius 1 is 0.758 bits per heavy atom.